The summed E-state index contributed by atoms with van der Waals surface area (Å²) in [6.07, 6.45) is 0. The zero-order valence-electron chi connectivity index (χ0n) is 15.9. The van der Waals surface area contributed by atoms with Crippen LogP contribution in [0.4, 0.5) is 5.69 Å². The van der Waals surface area contributed by atoms with Crippen LogP contribution in [0.1, 0.15) is 21.7 Å². The monoisotopic (exact) mass is 359 g/mol. The van der Waals surface area contributed by atoms with Crippen LogP contribution in [0.25, 0.3) is 5.69 Å². The van der Waals surface area contributed by atoms with Gasteiger partial charge in [-0.25, -0.2) is 0 Å². The Labute approximate surface area is 160 Å². The molecule has 3 aromatic rings. The smallest absolute Gasteiger partial charge is 0.255 e. The molecule has 0 radical (unpaired) electrons. The van der Waals surface area contributed by atoms with Crippen LogP contribution in [0.2, 0.25) is 0 Å². The molecule has 0 spiro atoms. The van der Waals surface area contributed by atoms with E-state index in [1.165, 1.54) is 5.69 Å². The van der Waals surface area contributed by atoms with Crippen LogP contribution < -0.4 is 4.90 Å². The number of aromatic nitrogens is 1. The molecule has 0 N–H and O–H groups in total. The van der Waals surface area contributed by atoms with E-state index in [2.05, 4.69) is 52.8 Å². The molecule has 0 aliphatic carbocycles. The Hall–Kier alpha value is -3.01. The molecular formula is C23H25N3O. The lowest BCUT2D eigenvalue weighted by Gasteiger charge is -2.36. The van der Waals surface area contributed by atoms with E-state index in [1.54, 1.807) is 0 Å². The van der Waals surface area contributed by atoms with Crippen molar-refractivity contribution in [3.8, 4) is 5.69 Å². The van der Waals surface area contributed by atoms with Gasteiger partial charge in [0, 0.05) is 48.9 Å². The zero-order chi connectivity index (χ0) is 18.8. The van der Waals surface area contributed by atoms with E-state index in [1.807, 2.05) is 42.2 Å². The lowest BCUT2D eigenvalue weighted by atomic mass is 10.2. The van der Waals surface area contributed by atoms with E-state index >= 15 is 0 Å². The fourth-order valence-electron chi connectivity index (χ4n) is 3.93. The largest absolute Gasteiger partial charge is 0.368 e. The first-order valence-corrected chi connectivity index (χ1v) is 9.49. The highest BCUT2D eigenvalue weighted by molar-refractivity contribution is 5.96. The van der Waals surface area contributed by atoms with Gasteiger partial charge in [-0.05, 0) is 44.2 Å². The summed E-state index contributed by atoms with van der Waals surface area (Å²) in [6, 6.07) is 22.7. The molecule has 1 aromatic heterocycles. The molecule has 2 heterocycles. The number of piperazine rings is 1. The first kappa shape index (κ1) is 17.4. The summed E-state index contributed by atoms with van der Waals surface area (Å²) >= 11 is 0. The number of hydrogen-bond acceptors (Lipinski definition) is 2. The van der Waals surface area contributed by atoms with Gasteiger partial charge < -0.3 is 14.4 Å². The maximum atomic E-state index is 13.2. The highest BCUT2D eigenvalue weighted by Crippen LogP contribution is 2.23. The van der Waals surface area contributed by atoms with E-state index in [9.17, 15) is 4.79 Å². The van der Waals surface area contributed by atoms with Crippen molar-refractivity contribution in [3.05, 3.63) is 83.7 Å². The van der Waals surface area contributed by atoms with E-state index < -0.39 is 0 Å². The number of para-hydroxylation sites is 2. The molecule has 2 aromatic carbocycles. The minimum Gasteiger partial charge on any atom is -0.368 e. The molecule has 27 heavy (non-hydrogen) atoms. The Morgan fingerprint density at radius 1 is 0.778 bits per heavy atom. The van der Waals surface area contributed by atoms with Crippen molar-refractivity contribution in [3.63, 3.8) is 0 Å². The van der Waals surface area contributed by atoms with Crippen LogP contribution in [-0.2, 0) is 0 Å². The van der Waals surface area contributed by atoms with Crippen molar-refractivity contribution in [2.45, 2.75) is 13.8 Å². The summed E-state index contributed by atoms with van der Waals surface area (Å²) in [4.78, 5) is 17.5. The van der Waals surface area contributed by atoms with Gasteiger partial charge in [0.05, 0.1) is 5.56 Å². The summed E-state index contributed by atoms with van der Waals surface area (Å²) < 4.78 is 2.16. The van der Waals surface area contributed by atoms with Crippen molar-refractivity contribution in [2.75, 3.05) is 31.1 Å². The van der Waals surface area contributed by atoms with E-state index in [0.717, 1.165) is 48.8 Å². The lowest BCUT2D eigenvalue weighted by molar-refractivity contribution is 0.0746. The van der Waals surface area contributed by atoms with Gasteiger partial charge in [0.1, 0.15) is 0 Å². The third-order valence-electron chi connectivity index (χ3n) is 5.36. The topological polar surface area (TPSA) is 28.5 Å². The lowest BCUT2D eigenvalue weighted by Crippen LogP contribution is -2.48. The zero-order valence-corrected chi connectivity index (χ0v) is 15.9. The molecule has 1 fully saturated rings. The summed E-state index contributed by atoms with van der Waals surface area (Å²) in [6.45, 7) is 7.34. The van der Waals surface area contributed by atoms with Crippen LogP contribution in [-0.4, -0.2) is 41.6 Å². The second kappa shape index (κ2) is 7.31. The Bertz CT molecular complexity index is 923. The predicted molar refractivity (Wildman–Crippen MR) is 110 cm³/mol. The fourth-order valence-corrected chi connectivity index (χ4v) is 3.93. The average Bonchev–Trinajstić information content (AvgIpc) is 3.03. The minimum absolute atomic E-state index is 0.137. The van der Waals surface area contributed by atoms with E-state index in [4.69, 9.17) is 0 Å². The minimum atomic E-state index is 0.137. The Kier molecular flexibility index (Phi) is 4.71. The van der Waals surface area contributed by atoms with Crippen molar-refractivity contribution >= 4 is 11.6 Å². The molecule has 4 rings (SSSR count). The molecule has 0 saturated carbocycles. The van der Waals surface area contributed by atoms with Gasteiger partial charge >= 0.3 is 0 Å². The molecule has 1 aliphatic heterocycles. The first-order valence-electron chi connectivity index (χ1n) is 9.49. The number of anilines is 1. The molecular weight excluding hydrogens is 334 g/mol. The van der Waals surface area contributed by atoms with Crippen LogP contribution >= 0.6 is 0 Å². The molecule has 1 saturated heterocycles. The molecule has 1 aliphatic rings. The predicted octanol–water partition coefficient (Wildman–Crippen LogP) is 4.06. The van der Waals surface area contributed by atoms with Gasteiger partial charge in [-0.15, -0.1) is 0 Å². The SMILES string of the molecule is Cc1cc(C(=O)N2CCN(c3ccccc3)CC2)c(C)n1-c1ccccc1. The number of amides is 1. The summed E-state index contributed by atoms with van der Waals surface area (Å²) in [7, 11) is 0. The maximum Gasteiger partial charge on any atom is 0.255 e. The summed E-state index contributed by atoms with van der Waals surface area (Å²) in [5.41, 5.74) is 5.23. The third-order valence-corrected chi connectivity index (χ3v) is 5.36. The van der Waals surface area contributed by atoms with Gasteiger partial charge in [0.2, 0.25) is 0 Å². The molecule has 138 valence electrons. The number of nitrogens with zero attached hydrogens (tertiary/aromatic N) is 3. The van der Waals surface area contributed by atoms with Crippen molar-refractivity contribution in [2.24, 2.45) is 0 Å². The second-order valence-electron chi connectivity index (χ2n) is 7.07. The van der Waals surface area contributed by atoms with E-state index in [-0.39, 0.29) is 5.91 Å². The fraction of sp³-hybridized carbons (Fsp3) is 0.261. The van der Waals surface area contributed by atoms with Gasteiger partial charge in [0.25, 0.3) is 5.91 Å². The number of rotatable bonds is 3. The van der Waals surface area contributed by atoms with E-state index in [0.29, 0.717) is 0 Å². The average molecular weight is 359 g/mol. The second-order valence-corrected chi connectivity index (χ2v) is 7.07. The molecule has 4 heteroatoms. The Balaban J connectivity index is 1.51. The van der Waals surface area contributed by atoms with Gasteiger partial charge in [-0.3, -0.25) is 4.79 Å². The summed E-state index contributed by atoms with van der Waals surface area (Å²) in [5.74, 6) is 0.137. The highest BCUT2D eigenvalue weighted by Gasteiger charge is 2.25. The maximum absolute atomic E-state index is 13.2. The molecule has 4 nitrogen and oxygen atoms in total. The Morgan fingerprint density at radius 2 is 1.33 bits per heavy atom. The first-order chi connectivity index (χ1) is 13.1. The van der Waals surface area contributed by atoms with Gasteiger partial charge in [-0.2, -0.15) is 0 Å². The summed E-state index contributed by atoms with van der Waals surface area (Å²) in [5, 5.41) is 0. The number of carbonyl (C=O) groups excluding carboxylic acids is 1. The van der Waals surface area contributed by atoms with Crippen LogP contribution in [0.3, 0.4) is 0 Å². The molecule has 0 bridgehead atoms. The van der Waals surface area contributed by atoms with Crippen LogP contribution in [0.5, 0.6) is 0 Å². The Morgan fingerprint density at radius 3 is 1.93 bits per heavy atom. The standard InChI is InChI=1S/C23H25N3O/c1-18-17-22(19(2)26(18)21-11-7-4-8-12-21)23(27)25-15-13-24(14-16-25)20-9-5-3-6-10-20/h3-12,17H,13-16H2,1-2H3. The number of aryl methyl sites for hydroxylation is 1. The highest BCUT2D eigenvalue weighted by atomic mass is 16.2. The van der Waals surface area contributed by atoms with Crippen molar-refractivity contribution in [1.29, 1.82) is 0 Å². The third kappa shape index (κ3) is 3.35. The normalized spacial score (nSPS) is 14.4. The van der Waals surface area contributed by atoms with Gasteiger partial charge in [0.15, 0.2) is 0 Å². The molecule has 1 amide bonds. The van der Waals surface area contributed by atoms with Crippen LogP contribution in [0, 0.1) is 13.8 Å². The van der Waals surface area contributed by atoms with Crippen molar-refractivity contribution in [1.82, 2.24) is 9.47 Å². The number of benzene rings is 2. The number of carbonyl (C=O) groups is 1. The van der Waals surface area contributed by atoms with Crippen LogP contribution in [0.15, 0.2) is 66.7 Å². The van der Waals surface area contributed by atoms with Gasteiger partial charge in [-0.1, -0.05) is 36.4 Å². The quantitative estimate of drug-likeness (QED) is 0.706. The van der Waals surface area contributed by atoms with Crippen molar-refractivity contribution < 1.29 is 4.79 Å². The number of hydrogen-bond donors (Lipinski definition) is 0. The molecule has 0 atom stereocenters. The molecule has 0 unspecified atom stereocenters.